The molecule has 0 spiro atoms. The van der Waals surface area contributed by atoms with Gasteiger partial charge in [-0.3, -0.25) is 4.79 Å². The molecule has 268 valence electrons. The SMILES string of the molecule is CC1(C)CCC2(C(=O)O)C(O)CC3(C)C(=CCC4C5(C)CCC(O)C(C)(C)C5CCC43C)C2C1.CCCCOC(=O)c1ccc(N)cc1. The molecular weight excluding hydrogens is 602 g/mol. The van der Waals surface area contributed by atoms with Crippen molar-refractivity contribution in [2.75, 3.05) is 12.3 Å². The molecule has 5 N–H and O–H groups in total. The number of unbranched alkanes of at least 4 members (excludes halogenated alkanes) is 1. The number of ether oxygens (including phenoxy) is 1. The van der Waals surface area contributed by atoms with Crippen LogP contribution >= 0.6 is 0 Å². The van der Waals surface area contributed by atoms with E-state index in [1.165, 1.54) is 5.57 Å². The molecule has 7 heteroatoms. The predicted molar refractivity (Wildman–Crippen MR) is 190 cm³/mol. The van der Waals surface area contributed by atoms with Crippen LogP contribution in [0.3, 0.4) is 0 Å². The number of anilines is 1. The van der Waals surface area contributed by atoms with E-state index in [-0.39, 0.29) is 45.1 Å². The van der Waals surface area contributed by atoms with Crippen LogP contribution in [0.25, 0.3) is 0 Å². The lowest BCUT2D eigenvalue weighted by molar-refractivity contribution is -0.218. The number of aliphatic hydroxyl groups is 2. The van der Waals surface area contributed by atoms with Gasteiger partial charge in [0, 0.05) is 5.69 Å². The zero-order valence-corrected chi connectivity index (χ0v) is 30.9. The fourth-order valence-corrected chi connectivity index (χ4v) is 11.7. The van der Waals surface area contributed by atoms with Crippen LogP contribution < -0.4 is 5.73 Å². The van der Waals surface area contributed by atoms with Gasteiger partial charge < -0.3 is 25.8 Å². The van der Waals surface area contributed by atoms with Gasteiger partial charge >= 0.3 is 11.9 Å². The van der Waals surface area contributed by atoms with Gasteiger partial charge in [-0.2, -0.15) is 0 Å². The van der Waals surface area contributed by atoms with E-state index in [1.54, 1.807) is 24.3 Å². The molecule has 48 heavy (non-hydrogen) atoms. The molecule has 0 heterocycles. The number of benzene rings is 1. The fourth-order valence-electron chi connectivity index (χ4n) is 11.7. The first-order chi connectivity index (χ1) is 22.3. The minimum Gasteiger partial charge on any atom is -0.481 e. The van der Waals surface area contributed by atoms with Gasteiger partial charge in [-0.1, -0.05) is 73.5 Å². The molecule has 9 unspecified atom stereocenters. The Morgan fingerprint density at radius 1 is 0.875 bits per heavy atom. The summed E-state index contributed by atoms with van der Waals surface area (Å²) in [6, 6.07) is 6.72. The number of aliphatic carboxylic acids is 1. The number of nitrogens with two attached hydrogens (primary N) is 1. The van der Waals surface area contributed by atoms with Gasteiger partial charge in [0.15, 0.2) is 0 Å². The molecule has 5 aliphatic carbocycles. The number of hydrogen-bond donors (Lipinski definition) is 4. The Kier molecular flexibility index (Phi) is 9.79. The quantitative estimate of drug-likeness (QED) is 0.107. The van der Waals surface area contributed by atoms with Gasteiger partial charge in [0.2, 0.25) is 0 Å². The molecular formula is C41H63NO6. The summed E-state index contributed by atoms with van der Waals surface area (Å²) in [7, 11) is 0. The summed E-state index contributed by atoms with van der Waals surface area (Å²) in [6.07, 6.45) is 11.3. The molecule has 0 amide bonds. The number of rotatable bonds is 5. The predicted octanol–water partition coefficient (Wildman–Crippen LogP) is 8.43. The normalized spacial score (nSPS) is 40.7. The van der Waals surface area contributed by atoms with Crippen LogP contribution in [0.1, 0.15) is 136 Å². The second-order valence-corrected chi connectivity index (χ2v) is 18.3. The van der Waals surface area contributed by atoms with Crippen molar-refractivity contribution in [2.45, 2.75) is 138 Å². The van der Waals surface area contributed by atoms with Crippen LogP contribution in [-0.2, 0) is 9.53 Å². The highest BCUT2D eigenvalue weighted by molar-refractivity contribution is 5.89. The number of carbonyl (C=O) groups excluding carboxylic acids is 1. The van der Waals surface area contributed by atoms with Gasteiger partial charge in [0.05, 0.1) is 24.4 Å². The Labute approximate surface area is 289 Å². The van der Waals surface area contributed by atoms with Crippen LogP contribution in [-0.4, -0.2) is 46.1 Å². The molecule has 1 aromatic carbocycles. The van der Waals surface area contributed by atoms with Crippen molar-refractivity contribution >= 4 is 17.6 Å². The van der Waals surface area contributed by atoms with Crippen LogP contribution in [0, 0.1) is 50.2 Å². The Morgan fingerprint density at radius 2 is 1.54 bits per heavy atom. The Bertz CT molecular complexity index is 1400. The lowest BCUT2D eigenvalue weighted by atomic mass is 9.33. The zero-order valence-electron chi connectivity index (χ0n) is 30.9. The molecule has 6 rings (SSSR count). The molecule has 7 nitrogen and oxygen atoms in total. The number of carboxylic acids is 1. The number of nitrogen functional groups attached to an aromatic ring is 1. The molecule has 9 atom stereocenters. The lowest BCUT2D eigenvalue weighted by Gasteiger charge is -2.71. The van der Waals surface area contributed by atoms with Crippen LogP contribution in [0.5, 0.6) is 0 Å². The molecule has 4 fully saturated rings. The van der Waals surface area contributed by atoms with Crippen molar-refractivity contribution in [3.63, 3.8) is 0 Å². The summed E-state index contributed by atoms with van der Waals surface area (Å²) in [4.78, 5) is 24.2. The van der Waals surface area contributed by atoms with E-state index in [9.17, 15) is 24.9 Å². The van der Waals surface area contributed by atoms with E-state index < -0.39 is 17.5 Å². The average Bonchev–Trinajstić information content (AvgIpc) is 3.00. The Hall–Kier alpha value is -2.38. The number of fused-ring (bicyclic) bond motifs is 7. The maximum absolute atomic E-state index is 12.8. The number of carboxylic acid groups (broad SMARTS) is 1. The molecule has 0 aliphatic heterocycles. The Balaban J connectivity index is 0.000000271. The zero-order chi connectivity index (χ0) is 35.5. The highest BCUT2D eigenvalue weighted by atomic mass is 16.5. The molecule has 0 saturated heterocycles. The molecule has 4 saturated carbocycles. The second-order valence-electron chi connectivity index (χ2n) is 18.3. The van der Waals surface area contributed by atoms with Crippen LogP contribution in [0.4, 0.5) is 5.69 Å². The molecule has 0 radical (unpaired) electrons. The molecule has 0 aromatic heterocycles. The number of hydrogen-bond acceptors (Lipinski definition) is 6. The van der Waals surface area contributed by atoms with Crippen molar-refractivity contribution in [3.8, 4) is 0 Å². The standard InChI is InChI=1S/C30H48O4.C11H15NO2/c1-25(2)14-15-30(24(33)34)19(16-25)18-8-9-21-27(5)12-11-22(31)26(3,4)20(27)10-13-28(21,6)29(18,7)17-23(30)32;1-2-3-8-14-11(13)9-4-6-10(12)7-5-9/h8,19-23,31-32H,9-17H2,1-7H3,(H,33,34);4-7H,2-3,8,12H2,1H3. The minimum atomic E-state index is -1.04. The van der Waals surface area contributed by atoms with E-state index in [2.05, 4.69) is 61.5 Å². The summed E-state index contributed by atoms with van der Waals surface area (Å²) < 4.78 is 5.03. The number of allylic oxidation sites excluding steroid dienone is 2. The third kappa shape index (κ3) is 5.73. The Morgan fingerprint density at radius 3 is 2.17 bits per heavy atom. The third-order valence-electron chi connectivity index (χ3n) is 14.9. The van der Waals surface area contributed by atoms with Gasteiger partial charge in [-0.05, 0) is 133 Å². The average molecular weight is 666 g/mol. The summed E-state index contributed by atoms with van der Waals surface area (Å²) in [6.45, 7) is 18.9. The fraction of sp³-hybridized carbons (Fsp3) is 0.756. The lowest BCUT2D eigenvalue weighted by Crippen LogP contribution is -2.67. The second kappa shape index (κ2) is 12.7. The van der Waals surface area contributed by atoms with Crippen molar-refractivity contribution in [1.82, 2.24) is 0 Å². The van der Waals surface area contributed by atoms with Gasteiger partial charge in [0.1, 0.15) is 5.41 Å². The van der Waals surface area contributed by atoms with E-state index in [4.69, 9.17) is 10.5 Å². The molecule has 0 bridgehead atoms. The van der Waals surface area contributed by atoms with Crippen molar-refractivity contribution in [3.05, 3.63) is 41.5 Å². The van der Waals surface area contributed by atoms with Gasteiger partial charge in [-0.15, -0.1) is 0 Å². The highest BCUT2D eigenvalue weighted by Gasteiger charge is 2.71. The first-order valence-corrected chi connectivity index (χ1v) is 18.6. The largest absolute Gasteiger partial charge is 0.481 e. The van der Waals surface area contributed by atoms with E-state index in [0.717, 1.165) is 57.8 Å². The van der Waals surface area contributed by atoms with E-state index >= 15 is 0 Å². The van der Waals surface area contributed by atoms with Gasteiger partial charge in [0.25, 0.3) is 0 Å². The molecule has 5 aliphatic rings. The summed E-state index contributed by atoms with van der Waals surface area (Å²) in [5.74, 6) is -0.190. The number of aliphatic hydroxyl groups excluding tert-OH is 2. The smallest absolute Gasteiger partial charge is 0.338 e. The van der Waals surface area contributed by atoms with Crippen molar-refractivity contribution < 1.29 is 29.6 Å². The number of carbonyl (C=O) groups is 2. The third-order valence-corrected chi connectivity index (χ3v) is 14.9. The summed E-state index contributed by atoms with van der Waals surface area (Å²) >= 11 is 0. The maximum Gasteiger partial charge on any atom is 0.338 e. The first kappa shape index (κ1) is 36.9. The van der Waals surface area contributed by atoms with Crippen LogP contribution in [0.2, 0.25) is 0 Å². The van der Waals surface area contributed by atoms with Crippen molar-refractivity contribution in [2.24, 2.45) is 50.2 Å². The first-order valence-electron chi connectivity index (χ1n) is 18.6. The molecule has 1 aromatic rings. The summed E-state index contributed by atoms with van der Waals surface area (Å²) in [5, 5.41) is 33.1. The monoisotopic (exact) mass is 665 g/mol. The van der Waals surface area contributed by atoms with Crippen molar-refractivity contribution in [1.29, 1.82) is 0 Å². The minimum absolute atomic E-state index is 0.0218. The topological polar surface area (TPSA) is 130 Å². The van der Waals surface area contributed by atoms with Gasteiger partial charge in [-0.25, -0.2) is 4.79 Å². The number of esters is 1. The van der Waals surface area contributed by atoms with E-state index in [1.807, 2.05) is 0 Å². The summed E-state index contributed by atoms with van der Waals surface area (Å²) in [5.41, 5.74) is 6.99. The van der Waals surface area contributed by atoms with E-state index in [0.29, 0.717) is 42.5 Å². The highest BCUT2D eigenvalue weighted by Crippen LogP contribution is 2.75. The maximum atomic E-state index is 12.8. The van der Waals surface area contributed by atoms with Crippen LogP contribution in [0.15, 0.2) is 35.9 Å².